The molecule has 1 nitrogen and oxygen atoms in total. The van der Waals surface area contributed by atoms with Crippen molar-refractivity contribution in [3.63, 3.8) is 0 Å². The van der Waals surface area contributed by atoms with Crippen LogP contribution in [0.25, 0.3) is 0 Å². The first-order chi connectivity index (χ1) is 6.33. The number of allylic oxidation sites excluding steroid dienone is 2. The van der Waals surface area contributed by atoms with E-state index in [0.29, 0.717) is 0 Å². The molecule has 0 aromatic heterocycles. The highest BCUT2D eigenvalue weighted by molar-refractivity contribution is 4.78. The van der Waals surface area contributed by atoms with Crippen LogP contribution in [0.2, 0.25) is 0 Å². The van der Waals surface area contributed by atoms with Gasteiger partial charge in [0.05, 0.1) is 0 Å². The maximum atomic E-state index is 5.03. The first-order valence-corrected chi connectivity index (χ1v) is 5.68. The number of hydrogen-bond donors (Lipinski definition) is 1. The summed E-state index contributed by atoms with van der Waals surface area (Å²) in [5, 5.41) is 0. The summed E-state index contributed by atoms with van der Waals surface area (Å²) in [6.07, 6.45) is 9.24. The van der Waals surface area contributed by atoms with Gasteiger partial charge in [-0.15, -0.1) is 0 Å². The molecule has 0 aromatic rings. The highest BCUT2D eigenvalue weighted by Gasteiger charge is 1.68. The first kappa shape index (κ1) is 18.5. The molecular weight excluding hydrogens is 158 g/mol. The van der Waals surface area contributed by atoms with Crippen LogP contribution in [0.5, 0.6) is 0 Å². The molecule has 0 aromatic carbocycles. The summed E-state index contributed by atoms with van der Waals surface area (Å²) in [6, 6.07) is 0. The van der Waals surface area contributed by atoms with E-state index in [9.17, 15) is 0 Å². The quantitative estimate of drug-likeness (QED) is 0.658. The molecule has 2 N–H and O–H groups in total. The Kier molecular flexibility index (Phi) is 42.4. The fourth-order valence-electron chi connectivity index (χ4n) is 0.451. The van der Waals surface area contributed by atoms with Gasteiger partial charge in [0.25, 0.3) is 0 Å². The van der Waals surface area contributed by atoms with Crippen molar-refractivity contribution in [3.05, 3.63) is 12.2 Å². The third-order valence-electron chi connectivity index (χ3n) is 1.15. The van der Waals surface area contributed by atoms with E-state index in [2.05, 4.69) is 32.9 Å². The first-order valence-electron chi connectivity index (χ1n) is 5.68. The highest BCUT2D eigenvalue weighted by atomic mass is 14.5. The Morgan fingerprint density at radius 2 is 1.38 bits per heavy atom. The fraction of sp³-hybridized carbons (Fsp3) is 0.833. The van der Waals surface area contributed by atoms with Crippen molar-refractivity contribution in [2.24, 2.45) is 5.73 Å². The molecule has 0 aliphatic carbocycles. The summed E-state index contributed by atoms with van der Waals surface area (Å²) in [4.78, 5) is 0. The molecule has 1 heteroatoms. The highest BCUT2D eigenvalue weighted by Crippen LogP contribution is 1.88. The molecule has 0 spiro atoms. The third kappa shape index (κ3) is 49.8. The lowest BCUT2D eigenvalue weighted by Gasteiger charge is -1.79. The molecule has 0 aliphatic rings. The normalized spacial score (nSPS) is 8.46. The van der Waals surface area contributed by atoms with Gasteiger partial charge < -0.3 is 5.73 Å². The summed E-state index contributed by atoms with van der Waals surface area (Å²) in [6.45, 7) is 11.2. The van der Waals surface area contributed by atoms with Gasteiger partial charge in [0.1, 0.15) is 0 Å². The molecule has 0 amide bonds. The Bertz CT molecular complexity index is 65.5. The van der Waals surface area contributed by atoms with Gasteiger partial charge in [0.2, 0.25) is 0 Å². The van der Waals surface area contributed by atoms with Crippen molar-refractivity contribution in [2.75, 3.05) is 6.54 Å². The topological polar surface area (TPSA) is 26.0 Å². The zero-order valence-corrected chi connectivity index (χ0v) is 10.3. The second-order valence-electron chi connectivity index (χ2n) is 2.46. The minimum atomic E-state index is 0.819. The van der Waals surface area contributed by atoms with E-state index in [4.69, 9.17) is 5.73 Å². The molecule has 0 radical (unpaired) electrons. The van der Waals surface area contributed by atoms with Crippen LogP contribution < -0.4 is 5.73 Å². The monoisotopic (exact) mass is 187 g/mol. The van der Waals surface area contributed by atoms with E-state index in [0.717, 1.165) is 13.0 Å². The largest absolute Gasteiger partial charge is 0.330 e. The maximum Gasteiger partial charge on any atom is -0.00799 e. The molecule has 82 valence electrons. The molecule has 0 saturated heterocycles. The molecular formula is C12H29N. The second kappa shape index (κ2) is 29.8. The minimum Gasteiger partial charge on any atom is -0.330 e. The summed E-state index contributed by atoms with van der Waals surface area (Å²) >= 11 is 0. The maximum absolute atomic E-state index is 5.03. The van der Waals surface area contributed by atoms with Crippen molar-refractivity contribution in [1.29, 1.82) is 0 Å². The summed E-state index contributed by atoms with van der Waals surface area (Å²) < 4.78 is 0. The van der Waals surface area contributed by atoms with Crippen LogP contribution in [-0.4, -0.2) is 6.54 Å². The van der Waals surface area contributed by atoms with Crippen LogP contribution in [0.15, 0.2) is 12.2 Å². The average molecular weight is 187 g/mol. The molecule has 0 heterocycles. The Hall–Kier alpha value is -0.300. The Morgan fingerprint density at radius 3 is 1.62 bits per heavy atom. The van der Waals surface area contributed by atoms with E-state index in [-0.39, 0.29) is 0 Å². The SMILES string of the molecule is CC.CC/C=C\CCC.CCCN. The lowest BCUT2D eigenvalue weighted by atomic mass is 10.3. The smallest absolute Gasteiger partial charge is 0.00799 e. The predicted octanol–water partition coefficient (Wildman–Crippen LogP) is 4.13. The van der Waals surface area contributed by atoms with Crippen LogP contribution >= 0.6 is 0 Å². The van der Waals surface area contributed by atoms with Crippen molar-refractivity contribution in [2.45, 2.75) is 60.3 Å². The van der Waals surface area contributed by atoms with Gasteiger partial charge in [0, 0.05) is 0 Å². The molecule has 0 saturated carbocycles. The van der Waals surface area contributed by atoms with Gasteiger partial charge in [-0.1, -0.05) is 53.2 Å². The van der Waals surface area contributed by atoms with E-state index >= 15 is 0 Å². The van der Waals surface area contributed by atoms with Crippen LogP contribution in [-0.2, 0) is 0 Å². The van der Waals surface area contributed by atoms with Gasteiger partial charge in [-0.25, -0.2) is 0 Å². The van der Waals surface area contributed by atoms with Crippen molar-refractivity contribution >= 4 is 0 Å². The van der Waals surface area contributed by atoms with Gasteiger partial charge in [-0.3, -0.25) is 0 Å². The number of rotatable bonds is 4. The van der Waals surface area contributed by atoms with Crippen molar-refractivity contribution < 1.29 is 0 Å². The van der Waals surface area contributed by atoms with E-state index in [1.807, 2.05) is 13.8 Å². The van der Waals surface area contributed by atoms with Crippen LogP contribution in [0.1, 0.15) is 60.3 Å². The molecule has 0 fully saturated rings. The van der Waals surface area contributed by atoms with Gasteiger partial charge in [-0.05, 0) is 25.8 Å². The Labute approximate surface area is 85.4 Å². The lowest BCUT2D eigenvalue weighted by Crippen LogP contribution is -1.93. The van der Waals surface area contributed by atoms with Crippen LogP contribution in [0.4, 0.5) is 0 Å². The zero-order chi connectivity index (χ0) is 10.9. The van der Waals surface area contributed by atoms with E-state index in [1.54, 1.807) is 0 Å². The van der Waals surface area contributed by atoms with Crippen molar-refractivity contribution in [3.8, 4) is 0 Å². The Morgan fingerprint density at radius 1 is 0.923 bits per heavy atom. The Balaban J connectivity index is -0.000000142. The second-order valence-corrected chi connectivity index (χ2v) is 2.46. The minimum absolute atomic E-state index is 0.819. The van der Waals surface area contributed by atoms with Crippen LogP contribution in [0.3, 0.4) is 0 Å². The average Bonchev–Trinajstić information content (AvgIpc) is 2.22. The predicted molar refractivity (Wildman–Crippen MR) is 65.0 cm³/mol. The zero-order valence-electron chi connectivity index (χ0n) is 10.3. The van der Waals surface area contributed by atoms with E-state index < -0.39 is 0 Å². The lowest BCUT2D eigenvalue weighted by molar-refractivity contribution is 0.932. The third-order valence-corrected chi connectivity index (χ3v) is 1.15. The molecule has 13 heavy (non-hydrogen) atoms. The molecule has 0 rings (SSSR count). The van der Waals surface area contributed by atoms with E-state index in [1.165, 1.54) is 19.3 Å². The summed E-state index contributed by atoms with van der Waals surface area (Å²) in [5.41, 5.74) is 5.03. The van der Waals surface area contributed by atoms with Gasteiger partial charge >= 0.3 is 0 Å². The number of unbranched alkanes of at least 4 members (excludes halogenated alkanes) is 1. The molecule has 0 atom stereocenters. The molecule has 0 bridgehead atoms. The number of nitrogens with two attached hydrogens (primary N) is 1. The van der Waals surface area contributed by atoms with Crippen LogP contribution in [0, 0.1) is 0 Å². The standard InChI is InChI=1S/C7H14.C3H9N.C2H6/c1-3-5-7-6-4-2;1-2-3-4;1-2/h5,7H,3-4,6H2,1-2H3;2-4H2,1H3;1-2H3/b7-5-;;. The summed E-state index contributed by atoms with van der Waals surface area (Å²) in [5.74, 6) is 0. The summed E-state index contributed by atoms with van der Waals surface area (Å²) in [7, 11) is 0. The molecule has 0 unspecified atom stereocenters. The van der Waals surface area contributed by atoms with Crippen molar-refractivity contribution in [1.82, 2.24) is 0 Å². The van der Waals surface area contributed by atoms with Gasteiger partial charge in [-0.2, -0.15) is 0 Å². The fourth-order valence-corrected chi connectivity index (χ4v) is 0.451. The number of hydrogen-bond acceptors (Lipinski definition) is 1. The van der Waals surface area contributed by atoms with Gasteiger partial charge in [0.15, 0.2) is 0 Å². The molecule has 0 aliphatic heterocycles.